The maximum atomic E-state index is 12.4. The fourth-order valence-electron chi connectivity index (χ4n) is 3.34. The van der Waals surface area contributed by atoms with Crippen LogP contribution in [0.3, 0.4) is 0 Å². The Kier molecular flexibility index (Phi) is 5.84. The molecule has 0 aromatic heterocycles. The molecule has 7 heteroatoms. The Labute approximate surface area is 163 Å². The fourth-order valence-corrected chi connectivity index (χ4v) is 3.34. The minimum atomic E-state index is -0.933. The Hall–Kier alpha value is -3.06. The van der Waals surface area contributed by atoms with Crippen LogP contribution in [0.5, 0.6) is 17.2 Å². The standard InChI is InChI=1S/C21H23NO6/c1-3-27-20(24)21(13-18(21)19(23)22-25)12-14-7-9-15(10-8-14)28-17-6-4-5-16(11-17)26-2/h4-11,18,25H,3,12-13H2,1-2H3,(H,22,23). The van der Waals surface area contributed by atoms with Crippen LogP contribution in [0.4, 0.5) is 0 Å². The molecule has 28 heavy (non-hydrogen) atoms. The van der Waals surface area contributed by atoms with Crippen LogP contribution in [0.1, 0.15) is 18.9 Å². The van der Waals surface area contributed by atoms with E-state index in [4.69, 9.17) is 19.4 Å². The molecule has 2 atom stereocenters. The Balaban J connectivity index is 1.71. The Morgan fingerprint density at radius 1 is 1.14 bits per heavy atom. The summed E-state index contributed by atoms with van der Waals surface area (Å²) in [4.78, 5) is 24.2. The van der Waals surface area contributed by atoms with E-state index in [1.807, 2.05) is 30.3 Å². The zero-order chi connectivity index (χ0) is 20.1. The number of amides is 1. The van der Waals surface area contributed by atoms with Crippen molar-refractivity contribution < 1.29 is 29.0 Å². The third-order valence-electron chi connectivity index (χ3n) is 4.90. The lowest BCUT2D eigenvalue weighted by Crippen LogP contribution is -2.30. The van der Waals surface area contributed by atoms with E-state index >= 15 is 0 Å². The normalized spacial score (nSPS) is 20.2. The first-order valence-corrected chi connectivity index (χ1v) is 9.04. The third kappa shape index (κ3) is 4.09. The van der Waals surface area contributed by atoms with Crippen molar-refractivity contribution in [2.45, 2.75) is 19.8 Å². The smallest absolute Gasteiger partial charge is 0.313 e. The number of esters is 1. The van der Waals surface area contributed by atoms with Crippen molar-refractivity contribution in [2.75, 3.05) is 13.7 Å². The molecule has 0 heterocycles. The lowest BCUT2D eigenvalue weighted by atomic mass is 9.93. The molecule has 3 rings (SSSR count). The first kappa shape index (κ1) is 19.7. The highest BCUT2D eigenvalue weighted by molar-refractivity contribution is 5.93. The monoisotopic (exact) mass is 385 g/mol. The van der Waals surface area contributed by atoms with Crippen LogP contribution in [0.2, 0.25) is 0 Å². The van der Waals surface area contributed by atoms with Crippen LogP contribution in [-0.4, -0.2) is 30.8 Å². The molecule has 0 aliphatic heterocycles. The number of carbonyl (C=O) groups is 2. The first-order valence-electron chi connectivity index (χ1n) is 9.04. The van der Waals surface area contributed by atoms with Gasteiger partial charge in [-0.25, -0.2) is 5.48 Å². The van der Waals surface area contributed by atoms with Gasteiger partial charge in [-0.2, -0.15) is 0 Å². The van der Waals surface area contributed by atoms with Gasteiger partial charge in [-0.15, -0.1) is 0 Å². The second-order valence-corrected chi connectivity index (χ2v) is 6.71. The van der Waals surface area contributed by atoms with Crippen LogP contribution in [0, 0.1) is 11.3 Å². The van der Waals surface area contributed by atoms with E-state index in [9.17, 15) is 9.59 Å². The van der Waals surface area contributed by atoms with Crippen LogP contribution < -0.4 is 15.0 Å². The molecule has 0 bridgehead atoms. The molecule has 1 fully saturated rings. The van der Waals surface area contributed by atoms with Crippen LogP contribution in [0.25, 0.3) is 0 Å². The predicted molar refractivity (Wildman–Crippen MR) is 100 cm³/mol. The summed E-state index contributed by atoms with van der Waals surface area (Å²) in [5.74, 6) is 0.419. The van der Waals surface area contributed by atoms with Crippen LogP contribution in [0.15, 0.2) is 48.5 Å². The number of methoxy groups -OCH3 is 1. The highest BCUT2D eigenvalue weighted by Gasteiger charge is 2.64. The number of hydrogen-bond donors (Lipinski definition) is 2. The Morgan fingerprint density at radius 3 is 2.50 bits per heavy atom. The summed E-state index contributed by atoms with van der Waals surface area (Å²) in [6.45, 7) is 1.96. The van der Waals surface area contributed by atoms with E-state index < -0.39 is 23.2 Å². The molecule has 0 saturated heterocycles. The fraction of sp³-hybridized carbons (Fsp3) is 0.333. The lowest BCUT2D eigenvalue weighted by molar-refractivity contribution is -0.152. The van der Waals surface area contributed by atoms with E-state index in [1.165, 1.54) is 0 Å². The average Bonchev–Trinajstić information content (AvgIpc) is 3.44. The zero-order valence-corrected chi connectivity index (χ0v) is 15.8. The molecular weight excluding hydrogens is 362 g/mol. The number of carbonyl (C=O) groups excluding carboxylic acids is 2. The van der Waals surface area contributed by atoms with Crippen molar-refractivity contribution in [3.05, 3.63) is 54.1 Å². The zero-order valence-electron chi connectivity index (χ0n) is 15.8. The van der Waals surface area contributed by atoms with Crippen LogP contribution in [-0.2, 0) is 20.7 Å². The van der Waals surface area contributed by atoms with Gasteiger partial charge >= 0.3 is 5.97 Å². The molecule has 0 spiro atoms. The van der Waals surface area contributed by atoms with Crippen molar-refractivity contribution in [2.24, 2.45) is 11.3 Å². The van der Waals surface area contributed by atoms with Crippen molar-refractivity contribution >= 4 is 11.9 Å². The van der Waals surface area contributed by atoms with Gasteiger partial charge < -0.3 is 14.2 Å². The third-order valence-corrected chi connectivity index (χ3v) is 4.90. The molecule has 2 unspecified atom stereocenters. The predicted octanol–water partition coefficient (Wildman–Crippen LogP) is 3.10. The molecule has 1 saturated carbocycles. The number of benzene rings is 2. The summed E-state index contributed by atoms with van der Waals surface area (Å²) in [6.07, 6.45) is 0.698. The van der Waals surface area contributed by atoms with Crippen molar-refractivity contribution in [3.8, 4) is 17.2 Å². The Bertz CT molecular complexity index is 850. The molecule has 2 aromatic carbocycles. The highest BCUT2D eigenvalue weighted by Crippen LogP contribution is 2.56. The second-order valence-electron chi connectivity index (χ2n) is 6.71. The van der Waals surface area contributed by atoms with E-state index in [-0.39, 0.29) is 6.61 Å². The maximum Gasteiger partial charge on any atom is 0.313 e. The number of hydroxylamine groups is 1. The van der Waals surface area contributed by atoms with Crippen molar-refractivity contribution in [1.82, 2.24) is 5.48 Å². The van der Waals surface area contributed by atoms with Gasteiger partial charge in [-0.05, 0) is 49.6 Å². The summed E-state index contributed by atoms with van der Waals surface area (Å²) in [6, 6.07) is 14.6. The van der Waals surface area contributed by atoms with Gasteiger partial charge in [0.05, 0.1) is 25.0 Å². The van der Waals surface area contributed by atoms with E-state index in [1.54, 1.807) is 37.7 Å². The lowest BCUT2D eigenvalue weighted by Gasteiger charge is -2.16. The van der Waals surface area contributed by atoms with Gasteiger partial charge in [0.25, 0.3) is 0 Å². The Morgan fingerprint density at radius 2 is 1.86 bits per heavy atom. The number of hydrogen-bond acceptors (Lipinski definition) is 6. The second kappa shape index (κ2) is 8.31. The molecule has 1 amide bonds. The molecule has 7 nitrogen and oxygen atoms in total. The molecule has 1 aliphatic rings. The van der Waals surface area contributed by atoms with Gasteiger partial charge in [0, 0.05) is 6.07 Å². The topological polar surface area (TPSA) is 94.1 Å². The summed E-state index contributed by atoms with van der Waals surface area (Å²) < 4.78 is 16.1. The average molecular weight is 385 g/mol. The quantitative estimate of drug-likeness (QED) is 0.412. The minimum Gasteiger partial charge on any atom is -0.497 e. The molecule has 1 aliphatic carbocycles. The van der Waals surface area contributed by atoms with E-state index in [0.29, 0.717) is 30.1 Å². The van der Waals surface area contributed by atoms with Gasteiger partial charge in [0.2, 0.25) is 5.91 Å². The van der Waals surface area contributed by atoms with Gasteiger partial charge in [-0.3, -0.25) is 14.8 Å². The molecule has 2 N–H and O–H groups in total. The van der Waals surface area contributed by atoms with Gasteiger partial charge in [0.1, 0.15) is 17.2 Å². The largest absolute Gasteiger partial charge is 0.497 e. The molecule has 2 aromatic rings. The van der Waals surface area contributed by atoms with Gasteiger partial charge in [0.15, 0.2) is 0 Å². The highest BCUT2D eigenvalue weighted by atomic mass is 16.5. The van der Waals surface area contributed by atoms with E-state index in [2.05, 4.69) is 0 Å². The number of rotatable bonds is 8. The summed E-state index contributed by atoms with van der Waals surface area (Å²) in [5.41, 5.74) is 1.58. The molecule has 148 valence electrons. The first-order chi connectivity index (χ1) is 13.5. The minimum absolute atomic E-state index is 0.237. The van der Waals surface area contributed by atoms with Crippen molar-refractivity contribution in [3.63, 3.8) is 0 Å². The van der Waals surface area contributed by atoms with Gasteiger partial charge in [-0.1, -0.05) is 18.2 Å². The molecule has 0 radical (unpaired) electrons. The van der Waals surface area contributed by atoms with Crippen molar-refractivity contribution in [1.29, 1.82) is 0 Å². The van der Waals surface area contributed by atoms with E-state index in [0.717, 1.165) is 5.56 Å². The number of ether oxygens (including phenoxy) is 3. The summed E-state index contributed by atoms with van der Waals surface area (Å²) in [5, 5.41) is 8.89. The summed E-state index contributed by atoms with van der Waals surface area (Å²) in [7, 11) is 1.59. The molecular formula is C21H23NO6. The summed E-state index contributed by atoms with van der Waals surface area (Å²) >= 11 is 0. The maximum absolute atomic E-state index is 12.4. The van der Waals surface area contributed by atoms with Crippen LogP contribution >= 0.6 is 0 Å². The number of nitrogens with one attached hydrogen (secondary N) is 1. The SMILES string of the molecule is CCOC(=O)C1(Cc2ccc(Oc3cccc(OC)c3)cc2)CC1C(=O)NO.